The van der Waals surface area contributed by atoms with Crippen molar-refractivity contribution >= 4 is 6.08 Å². The molecule has 0 aliphatic carbocycles. The van der Waals surface area contributed by atoms with Gasteiger partial charge in [0.05, 0.1) is 25.0 Å². The standard InChI is InChI=1S/C10H21NO2.C7H8O/c1-3-8-7-9(4-2)13-10(12-8)5-6-11;1-2-4-7-5-3-6-8-7/h8-10H,3-7,11H2,1-2H3;2-6H,1H3/p+1/b;4-2+. The molecule has 2 unspecified atom stereocenters. The van der Waals surface area contributed by atoms with Crippen molar-refractivity contribution in [2.45, 2.75) is 65.0 Å². The lowest BCUT2D eigenvalue weighted by Crippen LogP contribution is -2.52. The topological polar surface area (TPSA) is 59.2 Å². The highest BCUT2D eigenvalue weighted by Gasteiger charge is 2.27. The Balaban J connectivity index is 0.000000235. The van der Waals surface area contributed by atoms with Crippen LogP contribution in [0.2, 0.25) is 0 Å². The molecule has 2 atom stereocenters. The second-order valence-corrected chi connectivity index (χ2v) is 5.16. The first kappa shape index (κ1) is 18.0. The molecular formula is C17H30NO3+. The van der Waals surface area contributed by atoms with Gasteiger partial charge in [0.2, 0.25) is 0 Å². The van der Waals surface area contributed by atoms with E-state index >= 15 is 0 Å². The Hall–Kier alpha value is -1.10. The van der Waals surface area contributed by atoms with Gasteiger partial charge in [0, 0.05) is 6.42 Å². The summed E-state index contributed by atoms with van der Waals surface area (Å²) in [5, 5.41) is 0. The molecule has 0 aromatic carbocycles. The Morgan fingerprint density at radius 1 is 1.24 bits per heavy atom. The molecule has 2 rings (SSSR count). The average Bonchev–Trinajstić information content (AvgIpc) is 3.01. The van der Waals surface area contributed by atoms with E-state index in [-0.39, 0.29) is 6.29 Å². The van der Waals surface area contributed by atoms with Gasteiger partial charge < -0.3 is 19.6 Å². The van der Waals surface area contributed by atoms with Gasteiger partial charge >= 0.3 is 0 Å². The quantitative estimate of drug-likeness (QED) is 0.907. The minimum atomic E-state index is 0.00106. The van der Waals surface area contributed by atoms with Crippen LogP contribution < -0.4 is 5.73 Å². The Labute approximate surface area is 128 Å². The third-order valence-corrected chi connectivity index (χ3v) is 3.44. The maximum Gasteiger partial charge on any atom is 0.163 e. The molecule has 0 amide bonds. The van der Waals surface area contributed by atoms with E-state index in [1.54, 1.807) is 6.26 Å². The van der Waals surface area contributed by atoms with Crippen molar-refractivity contribution in [2.24, 2.45) is 0 Å². The molecule has 3 N–H and O–H groups in total. The lowest BCUT2D eigenvalue weighted by molar-refractivity contribution is -0.381. The molecule has 4 heteroatoms. The predicted molar refractivity (Wildman–Crippen MR) is 84.5 cm³/mol. The SMILES string of the molecule is C/C=C/c1ccco1.CCC1CC(CC)OC(CC[NH3+])O1. The van der Waals surface area contributed by atoms with Crippen molar-refractivity contribution in [3.05, 3.63) is 30.2 Å². The number of quaternary nitrogens is 1. The van der Waals surface area contributed by atoms with Crippen LogP contribution in [0.4, 0.5) is 0 Å². The summed E-state index contributed by atoms with van der Waals surface area (Å²) in [5.41, 5.74) is 3.82. The predicted octanol–water partition coefficient (Wildman–Crippen LogP) is 3.25. The van der Waals surface area contributed by atoms with Gasteiger partial charge in [-0.15, -0.1) is 0 Å². The second-order valence-electron chi connectivity index (χ2n) is 5.16. The van der Waals surface area contributed by atoms with E-state index in [9.17, 15) is 0 Å². The lowest BCUT2D eigenvalue weighted by Gasteiger charge is -2.34. The zero-order valence-electron chi connectivity index (χ0n) is 13.6. The number of furan rings is 1. The minimum Gasteiger partial charge on any atom is -0.465 e. The molecule has 0 radical (unpaired) electrons. The first-order valence-electron chi connectivity index (χ1n) is 7.99. The molecule has 1 saturated heterocycles. The summed E-state index contributed by atoms with van der Waals surface area (Å²) in [6, 6.07) is 3.79. The molecule has 0 saturated carbocycles. The van der Waals surface area contributed by atoms with E-state index in [0.717, 1.165) is 38.0 Å². The summed E-state index contributed by atoms with van der Waals surface area (Å²) in [6.07, 6.45) is 10.5. The fourth-order valence-corrected chi connectivity index (χ4v) is 2.24. The molecule has 1 aliphatic heterocycles. The largest absolute Gasteiger partial charge is 0.465 e. The van der Waals surface area contributed by atoms with Gasteiger partial charge in [0.15, 0.2) is 6.29 Å². The monoisotopic (exact) mass is 296 g/mol. The third-order valence-electron chi connectivity index (χ3n) is 3.44. The molecule has 2 heterocycles. The molecule has 4 nitrogen and oxygen atoms in total. The molecule has 1 aromatic rings. The highest BCUT2D eigenvalue weighted by atomic mass is 16.7. The van der Waals surface area contributed by atoms with Crippen LogP contribution in [0, 0.1) is 0 Å². The van der Waals surface area contributed by atoms with Gasteiger partial charge in [-0.05, 0) is 44.4 Å². The summed E-state index contributed by atoms with van der Waals surface area (Å²) in [6.45, 7) is 7.19. The molecule has 120 valence electrons. The Morgan fingerprint density at radius 3 is 2.33 bits per heavy atom. The Bertz CT molecular complexity index is 363. The summed E-state index contributed by atoms with van der Waals surface area (Å²) in [4.78, 5) is 0. The van der Waals surface area contributed by atoms with E-state index in [0.29, 0.717) is 12.2 Å². The number of ether oxygens (including phenoxy) is 2. The number of hydrogen-bond acceptors (Lipinski definition) is 3. The summed E-state index contributed by atoms with van der Waals surface area (Å²) >= 11 is 0. The van der Waals surface area contributed by atoms with Gasteiger partial charge in [-0.2, -0.15) is 0 Å². The minimum absolute atomic E-state index is 0.00106. The van der Waals surface area contributed by atoms with Crippen molar-refractivity contribution in [1.29, 1.82) is 0 Å². The van der Waals surface area contributed by atoms with E-state index in [4.69, 9.17) is 13.9 Å². The van der Waals surface area contributed by atoms with E-state index in [2.05, 4.69) is 19.6 Å². The summed E-state index contributed by atoms with van der Waals surface area (Å²) < 4.78 is 16.5. The van der Waals surface area contributed by atoms with E-state index < -0.39 is 0 Å². The molecule has 0 bridgehead atoms. The Morgan fingerprint density at radius 2 is 1.90 bits per heavy atom. The molecule has 21 heavy (non-hydrogen) atoms. The molecule has 1 fully saturated rings. The van der Waals surface area contributed by atoms with Gasteiger partial charge in [-0.25, -0.2) is 0 Å². The first-order valence-corrected chi connectivity index (χ1v) is 7.99. The lowest BCUT2D eigenvalue weighted by atomic mass is 10.1. The van der Waals surface area contributed by atoms with Crippen molar-refractivity contribution < 1.29 is 19.6 Å². The van der Waals surface area contributed by atoms with Crippen LogP contribution in [0.25, 0.3) is 6.08 Å². The van der Waals surface area contributed by atoms with Crippen LogP contribution in [0.1, 0.15) is 52.2 Å². The molecule has 1 aromatic heterocycles. The first-order chi connectivity index (χ1) is 10.2. The van der Waals surface area contributed by atoms with Crippen LogP contribution in [-0.4, -0.2) is 25.0 Å². The highest BCUT2D eigenvalue weighted by molar-refractivity contribution is 5.41. The van der Waals surface area contributed by atoms with Gasteiger partial charge in [0.25, 0.3) is 0 Å². The fourth-order valence-electron chi connectivity index (χ4n) is 2.24. The van der Waals surface area contributed by atoms with Crippen molar-refractivity contribution in [3.8, 4) is 0 Å². The smallest absolute Gasteiger partial charge is 0.163 e. The van der Waals surface area contributed by atoms with Gasteiger partial charge in [-0.1, -0.05) is 19.9 Å². The molecule has 1 aliphatic rings. The van der Waals surface area contributed by atoms with Crippen molar-refractivity contribution in [3.63, 3.8) is 0 Å². The van der Waals surface area contributed by atoms with Gasteiger partial charge in [-0.3, -0.25) is 0 Å². The van der Waals surface area contributed by atoms with Crippen LogP contribution in [0.5, 0.6) is 0 Å². The molecular weight excluding hydrogens is 266 g/mol. The van der Waals surface area contributed by atoms with Crippen LogP contribution in [0.3, 0.4) is 0 Å². The van der Waals surface area contributed by atoms with E-state index in [1.165, 1.54) is 0 Å². The highest BCUT2D eigenvalue weighted by Crippen LogP contribution is 2.23. The third kappa shape index (κ3) is 6.93. The zero-order chi connectivity index (χ0) is 15.5. The van der Waals surface area contributed by atoms with Gasteiger partial charge in [0.1, 0.15) is 5.76 Å². The van der Waals surface area contributed by atoms with Crippen molar-refractivity contribution in [1.82, 2.24) is 0 Å². The van der Waals surface area contributed by atoms with Crippen molar-refractivity contribution in [2.75, 3.05) is 6.54 Å². The number of rotatable bonds is 5. The van der Waals surface area contributed by atoms with Crippen LogP contribution >= 0.6 is 0 Å². The van der Waals surface area contributed by atoms with E-state index in [1.807, 2.05) is 31.2 Å². The van der Waals surface area contributed by atoms with Crippen LogP contribution in [-0.2, 0) is 9.47 Å². The summed E-state index contributed by atoms with van der Waals surface area (Å²) in [5.74, 6) is 0.910. The average molecular weight is 296 g/mol. The maximum absolute atomic E-state index is 5.75. The molecule has 0 spiro atoms. The normalized spacial score (nSPS) is 25.6. The number of allylic oxidation sites excluding steroid dienone is 1. The van der Waals surface area contributed by atoms with Crippen LogP contribution in [0.15, 0.2) is 28.9 Å². The fraction of sp³-hybridized carbons (Fsp3) is 0.647. The maximum atomic E-state index is 5.75. The zero-order valence-corrected chi connectivity index (χ0v) is 13.6. The second kappa shape index (κ2) is 10.6. The Kier molecular flexibility index (Phi) is 9.06. The number of hydrogen-bond donors (Lipinski definition) is 1. The summed E-state index contributed by atoms with van der Waals surface area (Å²) in [7, 11) is 0.